The smallest absolute Gasteiger partial charge is 0.230 e. The van der Waals surface area contributed by atoms with Crippen LogP contribution in [0, 0.1) is 0 Å². The van der Waals surface area contributed by atoms with Gasteiger partial charge in [0, 0.05) is 10.6 Å². The number of halogens is 1. The van der Waals surface area contributed by atoms with Crippen molar-refractivity contribution in [2.45, 2.75) is 0 Å². The molecule has 1 aromatic carbocycles. The van der Waals surface area contributed by atoms with E-state index in [-0.39, 0.29) is 5.88 Å². The average molecular weight is 273 g/mol. The first-order valence-electron chi connectivity index (χ1n) is 5.54. The molecule has 0 unspecified atom stereocenters. The summed E-state index contributed by atoms with van der Waals surface area (Å²) in [4.78, 5) is 0. The third-order valence-corrected chi connectivity index (χ3v) is 2.96. The molecule has 3 aromatic rings. The van der Waals surface area contributed by atoms with Crippen molar-refractivity contribution in [3.05, 3.63) is 47.7 Å². The van der Waals surface area contributed by atoms with E-state index in [1.165, 1.54) is 0 Å². The van der Waals surface area contributed by atoms with Crippen LogP contribution in [0.1, 0.15) is 0 Å². The molecule has 94 valence electrons. The minimum Gasteiger partial charge on any atom is -0.367 e. The van der Waals surface area contributed by atoms with Gasteiger partial charge in [0.25, 0.3) is 0 Å². The SMILES string of the molecule is Nc1onc(-c2ccnnc2)c1-c1ccc(Cl)cc1. The molecular weight excluding hydrogens is 264 g/mol. The molecule has 0 fully saturated rings. The van der Waals surface area contributed by atoms with Crippen LogP contribution in [0.25, 0.3) is 22.4 Å². The third kappa shape index (κ3) is 2.15. The van der Waals surface area contributed by atoms with Crippen molar-refractivity contribution in [2.75, 3.05) is 5.73 Å². The molecule has 0 spiro atoms. The molecule has 0 saturated heterocycles. The number of nitrogen functional groups attached to an aromatic ring is 1. The molecule has 0 amide bonds. The van der Waals surface area contributed by atoms with Crippen LogP contribution in [0.15, 0.2) is 47.2 Å². The summed E-state index contributed by atoms with van der Waals surface area (Å²) in [6.07, 6.45) is 3.20. The minimum atomic E-state index is 0.258. The maximum atomic E-state index is 5.88. The van der Waals surface area contributed by atoms with Crippen molar-refractivity contribution in [1.29, 1.82) is 0 Å². The van der Waals surface area contributed by atoms with Gasteiger partial charge in [0.1, 0.15) is 5.69 Å². The normalized spacial score (nSPS) is 10.6. The van der Waals surface area contributed by atoms with Crippen LogP contribution < -0.4 is 5.73 Å². The Hall–Kier alpha value is -2.40. The van der Waals surface area contributed by atoms with Gasteiger partial charge in [-0.25, -0.2) is 0 Å². The number of rotatable bonds is 2. The van der Waals surface area contributed by atoms with E-state index < -0.39 is 0 Å². The predicted molar refractivity (Wildman–Crippen MR) is 72.4 cm³/mol. The van der Waals surface area contributed by atoms with Gasteiger partial charge >= 0.3 is 0 Å². The van der Waals surface area contributed by atoms with Gasteiger partial charge in [-0.2, -0.15) is 10.2 Å². The van der Waals surface area contributed by atoms with Crippen molar-refractivity contribution in [1.82, 2.24) is 15.4 Å². The second kappa shape index (κ2) is 4.70. The molecule has 2 heterocycles. The standard InChI is InChI=1S/C13H9ClN4O/c14-10-3-1-8(2-4-10)11-12(18-19-13(11)15)9-5-6-16-17-7-9/h1-7H,15H2. The molecule has 2 aromatic heterocycles. The van der Waals surface area contributed by atoms with Gasteiger partial charge in [-0.05, 0) is 23.8 Å². The number of hydrogen-bond acceptors (Lipinski definition) is 5. The Morgan fingerprint density at radius 3 is 2.47 bits per heavy atom. The summed E-state index contributed by atoms with van der Waals surface area (Å²) in [7, 11) is 0. The molecule has 0 bridgehead atoms. The van der Waals surface area contributed by atoms with E-state index in [2.05, 4.69) is 15.4 Å². The summed E-state index contributed by atoms with van der Waals surface area (Å²) in [6.45, 7) is 0. The van der Waals surface area contributed by atoms with Crippen LogP contribution in [0.4, 0.5) is 5.88 Å². The van der Waals surface area contributed by atoms with Gasteiger partial charge in [-0.3, -0.25) is 0 Å². The van der Waals surface area contributed by atoms with Crippen LogP contribution in [-0.2, 0) is 0 Å². The summed E-state index contributed by atoms with van der Waals surface area (Å²) < 4.78 is 5.08. The monoisotopic (exact) mass is 272 g/mol. The fraction of sp³-hybridized carbons (Fsp3) is 0. The molecule has 5 nitrogen and oxygen atoms in total. The maximum Gasteiger partial charge on any atom is 0.230 e. The molecule has 19 heavy (non-hydrogen) atoms. The first-order valence-corrected chi connectivity index (χ1v) is 5.91. The largest absolute Gasteiger partial charge is 0.367 e. The van der Waals surface area contributed by atoms with E-state index in [4.69, 9.17) is 21.9 Å². The molecule has 0 saturated carbocycles. The summed E-state index contributed by atoms with van der Waals surface area (Å²) in [5.74, 6) is 0.258. The van der Waals surface area contributed by atoms with E-state index in [0.717, 1.165) is 16.7 Å². The number of benzene rings is 1. The predicted octanol–water partition coefficient (Wildman–Crippen LogP) is 3.03. The Morgan fingerprint density at radius 1 is 1.00 bits per heavy atom. The van der Waals surface area contributed by atoms with Crippen LogP contribution in [0.5, 0.6) is 0 Å². The van der Waals surface area contributed by atoms with E-state index >= 15 is 0 Å². The van der Waals surface area contributed by atoms with E-state index in [1.807, 2.05) is 12.1 Å². The Labute approximate surface area is 114 Å². The van der Waals surface area contributed by atoms with Crippen molar-refractivity contribution in [3.63, 3.8) is 0 Å². The van der Waals surface area contributed by atoms with Gasteiger partial charge in [-0.15, -0.1) is 0 Å². The summed E-state index contributed by atoms with van der Waals surface area (Å²) in [6, 6.07) is 9.10. The lowest BCUT2D eigenvalue weighted by molar-refractivity contribution is 0.439. The van der Waals surface area contributed by atoms with Gasteiger partial charge < -0.3 is 10.3 Å². The van der Waals surface area contributed by atoms with E-state index in [9.17, 15) is 0 Å². The minimum absolute atomic E-state index is 0.258. The maximum absolute atomic E-state index is 5.88. The number of nitrogens with zero attached hydrogens (tertiary/aromatic N) is 3. The number of hydrogen-bond donors (Lipinski definition) is 1. The van der Waals surface area contributed by atoms with E-state index in [0.29, 0.717) is 10.7 Å². The van der Waals surface area contributed by atoms with Crippen LogP contribution >= 0.6 is 11.6 Å². The van der Waals surface area contributed by atoms with Gasteiger partial charge in [0.15, 0.2) is 0 Å². The fourth-order valence-corrected chi connectivity index (χ4v) is 1.95. The zero-order valence-electron chi connectivity index (χ0n) is 9.75. The fourth-order valence-electron chi connectivity index (χ4n) is 1.83. The van der Waals surface area contributed by atoms with Crippen molar-refractivity contribution in [2.24, 2.45) is 0 Å². The Morgan fingerprint density at radius 2 is 1.79 bits per heavy atom. The highest BCUT2D eigenvalue weighted by atomic mass is 35.5. The summed E-state index contributed by atoms with van der Waals surface area (Å²) in [5, 5.41) is 12.2. The quantitative estimate of drug-likeness (QED) is 0.776. The molecular formula is C13H9ClN4O. The lowest BCUT2D eigenvalue weighted by atomic mass is 10.0. The first kappa shape index (κ1) is 11.7. The second-order valence-corrected chi connectivity index (χ2v) is 4.34. The number of anilines is 1. The topological polar surface area (TPSA) is 77.8 Å². The van der Waals surface area contributed by atoms with Gasteiger partial charge in [0.2, 0.25) is 5.88 Å². The van der Waals surface area contributed by atoms with E-state index in [1.54, 1.807) is 30.6 Å². The lowest BCUT2D eigenvalue weighted by Gasteiger charge is -2.02. The number of nitrogens with two attached hydrogens (primary N) is 1. The van der Waals surface area contributed by atoms with Crippen molar-refractivity contribution in [3.8, 4) is 22.4 Å². The summed E-state index contributed by atoms with van der Waals surface area (Å²) >= 11 is 5.88. The molecule has 0 radical (unpaired) electrons. The highest BCUT2D eigenvalue weighted by Crippen LogP contribution is 2.35. The van der Waals surface area contributed by atoms with Crippen molar-refractivity contribution < 1.29 is 4.52 Å². The summed E-state index contributed by atoms with van der Waals surface area (Å²) in [5.41, 5.74) is 8.89. The first-order chi connectivity index (χ1) is 9.25. The van der Waals surface area contributed by atoms with Gasteiger partial charge in [0.05, 0.1) is 18.0 Å². The molecule has 0 aliphatic rings. The third-order valence-electron chi connectivity index (χ3n) is 2.71. The average Bonchev–Trinajstić information content (AvgIpc) is 2.83. The molecule has 0 aliphatic carbocycles. The zero-order valence-corrected chi connectivity index (χ0v) is 10.5. The lowest BCUT2D eigenvalue weighted by Crippen LogP contribution is -1.88. The molecule has 6 heteroatoms. The Bertz CT molecular complexity index is 694. The zero-order chi connectivity index (χ0) is 13.2. The van der Waals surface area contributed by atoms with Gasteiger partial charge in [-0.1, -0.05) is 28.9 Å². The van der Waals surface area contributed by atoms with Crippen LogP contribution in [0.3, 0.4) is 0 Å². The molecule has 2 N–H and O–H groups in total. The second-order valence-electron chi connectivity index (χ2n) is 3.91. The molecule has 0 atom stereocenters. The highest BCUT2D eigenvalue weighted by molar-refractivity contribution is 6.30. The van der Waals surface area contributed by atoms with Crippen molar-refractivity contribution >= 4 is 17.5 Å². The van der Waals surface area contributed by atoms with Crippen LogP contribution in [0.2, 0.25) is 5.02 Å². The van der Waals surface area contributed by atoms with Crippen LogP contribution in [-0.4, -0.2) is 15.4 Å². The Kier molecular flexibility index (Phi) is 2.89. The molecule has 3 rings (SSSR count). The molecule has 0 aliphatic heterocycles. The Balaban J connectivity index is 2.17. The highest BCUT2D eigenvalue weighted by Gasteiger charge is 2.17. The number of aromatic nitrogens is 3.